The maximum atomic E-state index is 11.0. The van der Waals surface area contributed by atoms with E-state index in [1.54, 1.807) is 6.92 Å². The van der Waals surface area contributed by atoms with E-state index in [4.69, 9.17) is 0 Å². The van der Waals surface area contributed by atoms with Crippen molar-refractivity contribution in [3.05, 3.63) is 35.5 Å². The van der Waals surface area contributed by atoms with E-state index in [9.17, 15) is 9.90 Å². The largest absolute Gasteiger partial charge is 0.387 e. The van der Waals surface area contributed by atoms with Gasteiger partial charge in [0.2, 0.25) is 0 Å². The predicted octanol–water partition coefficient (Wildman–Crippen LogP) is 2.04. The topological polar surface area (TPSA) is 42.2 Å². The monoisotopic (exact) mass is 203 g/mol. The molecule has 0 aliphatic rings. The lowest BCUT2D eigenvalue weighted by Gasteiger charge is -2.07. The van der Waals surface area contributed by atoms with Gasteiger partial charge >= 0.3 is 0 Å². The van der Waals surface area contributed by atoms with Crippen LogP contribution in [-0.2, 0) is 7.05 Å². The van der Waals surface area contributed by atoms with Gasteiger partial charge in [0.25, 0.3) is 0 Å². The number of hydrogen-bond donors (Lipinski definition) is 1. The second kappa shape index (κ2) is 3.51. The maximum absolute atomic E-state index is 11.0. The maximum Gasteiger partial charge on any atom is 0.152 e. The van der Waals surface area contributed by atoms with Crippen LogP contribution in [0.1, 0.15) is 29.1 Å². The summed E-state index contributed by atoms with van der Waals surface area (Å²) in [5.41, 5.74) is 2.23. The molecule has 15 heavy (non-hydrogen) atoms. The fraction of sp³-hybridized carbons (Fsp3) is 0.250. The number of aliphatic hydroxyl groups excluding tert-OH is 1. The van der Waals surface area contributed by atoms with Crippen LogP contribution in [0.4, 0.5) is 0 Å². The zero-order chi connectivity index (χ0) is 11.0. The fourth-order valence-corrected chi connectivity index (χ4v) is 2.07. The number of benzene rings is 1. The van der Waals surface area contributed by atoms with E-state index in [1.165, 1.54) is 0 Å². The van der Waals surface area contributed by atoms with Crippen molar-refractivity contribution in [2.75, 3.05) is 0 Å². The first-order chi connectivity index (χ1) is 7.16. The summed E-state index contributed by atoms with van der Waals surface area (Å²) < 4.78 is 1.86. The number of aromatic nitrogens is 1. The summed E-state index contributed by atoms with van der Waals surface area (Å²) in [5.74, 6) is 0. The van der Waals surface area contributed by atoms with Crippen molar-refractivity contribution in [3.63, 3.8) is 0 Å². The molecule has 0 saturated carbocycles. The molecule has 0 radical (unpaired) electrons. The number of hydrogen-bond acceptors (Lipinski definition) is 2. The number of aryl methyl sites for hydroxylation is 1. The summed E-state index contributed by atoms with van der Waals surface area (Å²) in [6, 6.07) is 7.64. The van der Waals surface area contributed by atoms with E-state index >= 15 is 0 Å². The highest BCUT2D eigenvalue weighted by molar-refractivity contribution is 5.99. The van der Waals surface area contributed by atoms with E-state index in [-0.39, 0.29) is 0 Å². The molecule has 2 rings (SSSR count). The number of fused-ring (bicyclic) bond motifs is 1. The van der Waals surface area contributed by atoms with Crippen molar-refractivity contribution in [2.45, 2.75) is 13.0 Å². The second-order valence-corrected chi connectivity index (χ2v) is 3.67. The minimum atomic E-state index is -0.636. The van der Waals surface area contributed by atoms with Crippen molar-refractivity contribution in [1.82, 2.24) is 4.57 Å². The minimum Gasteiger partial charge on any atom is -0.387 e. The average Bonchev–Trinajstić information content (AvgIpc) is 2.52. The highest BCUT2D eigenvalue weighted by Gasteiger charge is 2.17. The molecular weight excluding hydrogens is 190 g/mol. The van der Waals surface area contributed by atoms with Gasteiger partial charge in [0.1, 0.15) is 0 Å². The van der Waals surface area contributed by atoms with Gasteiger partial charge in [-0.3, -0.25) is 4.79 Å². The number of carbonyl (C=O) groups is 1. The summed E-state index contributed by atoms with van der Waals surface area (Å²) >= 11 is 0. The molecule has 1 N–H and O–H groups in total. The normalized spacial score (nSPS) is 13.0. The Balaban J connectivity index is 2.90. The van der Waals surface area contributed by atoms with Gasteiger partial charge in [-0.2, -0.15) is 0 Å². The molecule has 1 aromatic carbocycles. The van der Waals surface area contributed by atoms with Crippen molar-refractivity contribution >= 4 is 17.2 Å². The van der Waals surface area contributed by atoms with Crippen molar-refractivity contribution in [2.24, 2.45) is 7.05 Å². The van der Waals surface area contributed by atoms with Crippen LogP contribution < -0.4 is 0 Å². The molecule has 2 aromatic rings. The van der Waals surface area contributed by atoms with Crippen LogP contribution in [-0.4, -0.2) is 16.0 Å². The van der Waals surface area contributed by atoms with E-state index in [1.807, 2.05) is 35.9 Å². The molecule has 0 saturated heterocycles. The van der Waals surface area contributed by atoms with Gasteiger partial charge in [-0.05, 0) is 13.0 Å². The minimum absolute atomic E-state index is 0.586. The first kappa shape index (κ1) is 9.93. The Kier molecular flexibility index (Phi) is 2.32. The number of aliphatic hydroxyl groups is 1. The number of carbonyl (C=O) groups excluding carboxylic acids is 1. The van der Waals surface area contributed by atoms with Crippen LogP contribution in [0.5, 0.6) is 0 Å². The molecule has 0 aliphatic carbocycles. The van der Waals surface area contributed by atoms with E-state index in [0.717, 1.165) is 17.2 Å². The zero-order valence-corrected chi connectivity index (χ0v) is 8.77. The third kappa shape index (κ3) is 1.36. The predicted molar refractivity (Wildman–Crippen MR) is 58.9 cm³/mol. The second-order valence-electron chi connectivity index (χ2n) is 3.67. The lowest BCUT2D eigenvalue weighted by atomic mass is 10.1. The molecule has 3 nitrogen and oxygen atoms in total. The third-order valence-corrected chi connectivity index (χ3v) is 2.71. The quantitative estimate of drug-likeness (QED) is 0.759. The highest BCUT2D eigenvalue weighted by Crippen LogP contribution is 2.27. The van der Waals surface area contributed by atoms with Gasteiger partial charge in [-0.15, -0.1) is 0 Å². The first-order valence-electron chi connectivity index (χ1n) is 4.87. The van der Waals surface area contributed by atoms with E-state index in [0.29, 0.717) is 11.3 Å². The standard InChI is InChI=1S/C12H13NO2/c1-8(15)12-10(7-14)9-5-3-4-6-11(9)13(12)2/h3-8,15H,1-2H3. The van der Waals surface area contributed by atoms with Crippen molar-refractivity contribution in [1.29, 1.82) is 0 Å². The SMILES string of the molecule is CC(O)c1c(C=O)c2ccccc2n1C. The van der Waals surface area contributed by atoms with Crippen LogP contribution >= 0.6 is 0 Å². The highest BCUT2D eigenvalue weighted by atomic mass is 16.3. The third-order valence-electron chi connectivity index (χ3n) is 2.71. The summed E-state index contributed by atoms with van der Waals surface area (Å²) in [5, 5.41) is 10.5. The van der Waals surface area contributed by atoms with Crippen LogP contribution in [0.15, 0.2) is 24.3 Å². The number of nitrogens with zero attached hydrogens (tertiary/aromatic N) is 1. The Hall–Kier alpha value is -1.61. The zero-order valence-electron chi connectivity index (χ0n) is 8.77. The van der Waals surface area contributed by atoms with Gasteiger partial charge in [-0.25, -0.2) is 0 Å². The Morgan fingerprint density at radius 2 is 2.07 bits per heavy atom. The summed E-state index contributed by atoms with van der Waals surface area (Å²) in [4.78, 5) is 11.0. The van der Waals surface area contributed by atoms with Gasteiger partial charge in [0, 0.05) is 23.5 Å². The van der Waals surface area contributed by atoms with Gasteiger partial charge < -0.3 is 9.67 Å². The molecule has 0 bridgehead atoms. The molecule has 1 aromatic heterocycles. The number of aldehydes is 1. The molecule has 0 amide bonds. The molecular formula is C12H13NO2. The number of para-hydroxylation sites is 1. The fourth-order valence-electron chi connectivity index (χ4n) is 2.07. The van der Waals surface area contributed by atoms with Gasteiger partial charge in [0.05, 0.1) is 11.8 Å². The van der Waals surface area contributed by atoms with Gasteiger partial charge in [-0.1, -0.05) is 18.2 Å². The molecule has 1 atom stereocenters. The van der Waals surface area contributed by atoms with Crippen LogP contribution in [0.25, 0.3) is 10.9 Å². The lowest BCUT2D eigenvalue weighted by Crippen LogP contribution is -2.02. The first-order valence-corrected chi connectivity index (χ1v) is 4.87. The number of rotatable bonds is 2. The van der Waals surface area contributed by atoms with Crippen LogP contribution in [0, 0.1) is 0 Å². The molecule has 78 valence electrons. The molecule has 0 fully saturated rings. The molecule has 0 spiro atoms. The Morgan fingerprint density at radius 3 is 2.67 bits per heavy atom. The van der Waals surface area contributed by atoms with E-state index < -0.39 is 6.10 Å². The van der Waals surface area contributed by atoms with Crippen LogP contribution in [0.2, 0.25) is 0 Å². The molecule has 0 aliphatic heterocycles. The summed E-state index contributed by atoms with van der Waals surface area (Å²) in [7, 11) is 1.86. The summed E-state index contributed by atoms with van der Waals surface area (Å²) in [6.07, 6.45) is 0.173. The Bertz CT molecular complexity index is 512. The van der Waals surface area contributed by atoms with Crippen molar-refractivity contribution in [3.8, 4) is 0 Å². The Morgan fingerprint density at radius 1 is 1.40 bits per heavy atom. The average molecular weight is 203 g/mol. The Labute approximate surface area is 87.9 Å². The van der Waals surface area contributed by atoms with E-state index in [2.05, 4.69) is 0 Å². The lowest BCUT2D eigenvalue weighted by molar-refractivity contribution is 0.111. The van der Waals surface area contributed by atoms with Crippen molar-refractivity contribution < 1.29 is 9.90 Å². The molecule has 1 unspecified atom stereocenters. The van der Waals surface area contributed by atoms with Gasteiger partial charge in [0.15, 0.2) is 6.29 Å². The molecule has 3 heteroatoms. The molecule has 1 heterocycles. The van der Waals surface area contributed by atoms with Crippen LogP contribution in [0.3, 0.4) is 0 Å². The summed E-state index contributed by atoms with van der Waals surface area (Å²) in [6.45, 7) is 1.67. The smallest absolute Gasteiger partial charge is 0.152 e.